The highest BCUT2D eigenvalue weighted by atomic mass is 16.6. The lowest BCUT2D eigenvalue weighted by molar-refractivity contribution is -0.384. The topological polar surface area (TPSA) is 111 Å². The molecule has 1 N–H and O–H groups in total. The summed E-state index contributed by atoms with van der Waals surface area (Å²) in [5.74, 6) is -0.0888. The van der Waals surface area contributed by atoms with Crippen molar-refractivity contribution in [3.8, 4) is 0 Å². The number of benzene rings is 2. The molecule has 1 heterocycles. The third-order valence-electron chi connectivity index (χ3n) is 4.13. The van der Waals surface area contributed by atoms with Crippen molar-refractivity contribution in [2.45, 2.75) is 20.3 Å². The van der Waals surface area contributed by atoms with Crippen LogP contribution in [0, 0.1) is 24.0 Å². The smallest absolute Gasteiger partial charge is 0.322 e. The predicted molar refractivity (Wildman–Crippen MR) is 104 cm³/mol. The number of non-ortho nitro benzene ring substituents is 1. The molecular weight excluding hydrogens is 360 g/mol. The zero-order valence-corrected chi connectivity index (χ0v) is 15.4. The molecule has 0 bridgehead atoms. The van der Waals surface area contributed by atoms with Crippen molar-refractivity contribution >= 4 is 23.7 Å². The van der Waals surface area contributed by atoms with E-state index in [1.54, 1.807) is 12.1 Å². The van der Waals surface area contributed by atoms with E-state index in [1.807, 2.05) is 26.0 Å². The van der Waals surface area contributed by atoms with E-state index in [1.165, 1.54) is 35.4 Å². The van der Waals surface area contributed by atoms with Gasteiger partial charge in [0.25, 0.3) is 11.6 Å². The SMILES string of the molecule is Cc1ccc(Cc2nnc(NC(=O)/C=C/c3cccc([N+](=O)[O-])c3)o2)cc1C. The zero-order chi connectivity index (χ0) is 20.1. The molecule has 3 rings (SSSR count). The van der Waals surface area contributed by atoms with Gasteiger partial charge in [0.05, 0.1) is 11.3 Å². The minimum absolute atomic E-state index is 0.00692. The number of hydrogen-bond donors (Lipinski definition) is 1. The maximum Gasteiger partial charge on any atom is 0.322 e. The number of aromatic nitrogens is 2. The lowest BCUT2D eigenvalue weighted by Crippen LogP contribution is -2.07. The van der Waals surface area contributed by atoms with E-state index in [0.717, 1.165) is 5.56 Å². The van der Waals surface area contributed by atoms with E-state index in [4.69, 9.17) is 4.42 Å². The van der Waals surface area contributed by atoms with Gasteiger partial charge in [-0.1, -0.05) is 35.4 Å². The predicted octanol–water partition coefficient (Wildman–Crippen LogP) is 3.84. The number of nitro groups is 1. The molecule has 1 aromatic heterocycles. The number of aryl methyl sites for hydroxylation is 2. The van der Waals surface area contributed by atoms with Crippen LogP contribution in [0.3, 0.4) is 0 Å². The maximum atomic E-state index is 12.0. The lowest BCUT2D eigenvalue weighted by atomic mass is 10.0. The first-order chi connectivity index (χ1) is 13.4. The minimum atomic E-state index is -0.493. The van der Waals surface area contributed by atoms with Gasteiger partial charge in [0, 0.05) is 18.2 Å². The second-order valence-corrected chi connectivity index (χ2v) is 6.27. The van der Waals surface area contributed by atoms with Crippen LogP contribution in [0.5, 0.6) is 0 Å². The summed E-state index contributed by atoms with van der Waals surface area (Å²) >= 11 is 0. The summed E-state index contributed by atoms with van der Waals surface area (Å²) in [6.07, 6.45) is 3.18. The second kappa shape index (κ2) is 8.26. The standard InChI is InChI=1S/C20H18N4O4/c1-13-6-7-16(10-14(13)2)12-19-22-23-20(28-19)21-18(25)9-8-15-4-3-5-17(11-15)24(26)27/h3-11H,12H2,1-2H3,(H,21,23,25)/b9-8+. The molecule has 0 saturated heterocycles. The van der Waals surface area contributed by atoms with E-state index in [9.17, 15) is 14.9 Å². The molecule has 0 saturated carbocycles. The Morgan fingerprint density at radius 3 is 2.75 bits per heavy atom. The number of carbonyl (C=O) groups excluding carboxylic acids is 1. The highest BCUT2D eigenvalue weighted by Gasteiger charge is 2.10. The van der Waals surface area contributed by atoms with Crippen molar-refractivity contribution in [2.75, 3.05) is 5.32 Å². The lowest BCUT2D eigenvalue weighted by Gasteiger charge is -2.02. The third-order valence-corrected chi connectivity index (χ3v) is 4.13. The number of nitrogens with one attached hydrogen (secondary N) is 1. The summed E-state index contributed by atoms with van der Waals surface area (Å²) < 4.78 is 5.45. The Balaban J connectivity index is 1.61. The molecule has 8 heteroatoms. The highest BCUT2D eigenvalue weighted by Crippen LogP contribution is 2.16. The Morgan fingerprint density at radius 2 is 2.00 bits per heavy atom. The number of hydrogen-bond acceptors (Lipinski definition) is 6. The van der Waals surface area contributed by atoms with E-state index in [0.29, 0.717) is 17.9 Å². The maximum absolute atomic E-state index is 12.0. The molecule has 0 aliphatic heterocycles. The summed E-state index contributed by atoms with van der Waals surface area (Å²) in [7, 11) is 0. The molecule has 0 aliphatic rings. The molecule has 0 fully saturated rings. The van der Waals surface area contributed by atoms with Gasteiger partial charge < -0.3 is 4.42 Å². The van der Waals surface area contributed by atoms with E-state index < -0.39 is 10.8 Å². The number of anilines is 1. The fraction of sp³-hybridized carbons (Fsp3) is 0.150. The van der Waals surface area contributed by atoms with Crippen LogP contribution in [0.15, 0.2) is 53.0 Å². The Hall–Kier alpha value is -3.81. The van der Waals surface area contributed by atoms with Gasteiger partial charge in [-0.15, -0.1) is 5.10 Å². The molecule has 0 spiro atoms. The van der Waals surface area contributed by atoms with Gasteiger partial charge in [-0.3, -0.25) is 20.2 Å². The number of nitrogens with zero attached hydrogens (tertiary/aromatic N) is 3. The third kappa shape index (κ3) is 4.88. The van der Waals surface area contributed by atoms with Crippen LogP contribution in [-0.4, -0.2) is 21.0 Å². The van der Waals surface area contributed by atoms with Crippen molar-refractivity contribution in [3.05, 3.63) is 86.8 Å². The van der Waals surface area contributed by atoms with Gasteiger partial charge in [0.1, 0.15) is 0 Å². The Bertz CT molecular complexity index is 1060. The first kappa shape index (κ1) is 19.0. The van der Waals surface area contributed by atoms with Crippen LogP contribution in [0.2, 0.25) is 0 Å². The molecule has 0 unspecified atom stereocenters. The van der Waals surface area contributed by atoms with Gasteiger partial charge in [-0.25, -0.2) is 0 Å². The molecule has 0 atom stereocenters. The number of rotatable bonds is 6. The number of amides is 1. The van der Waals surface area contributed by atoms with E-state index in [-0.39, 0.29) is 11.7 Å². The molecule has 142 valence electrons. The van der Waals surface area contributed by atoms with Gasteiger partial charge in [-0.05, 0) is 42.2 Å². The molecule has 1 amide bonds. The largest absolute Gasteiger partial charge is 0.407 e. The fourth-order valence-electron chi connectivity index (χ4n) is 2.52. The molecular formula is C20H18N4O4. The van der Waals surface area contributed by atoms with Crippen LogP contribution < -0.4 is 5.32 Å². The molecule has 0 aliphatic carbocycles. The van der Waals surface area contributed by atoms with Crippen LogP contribution in [0.1, 0.15) is 28.1 Å². The highest BCUT2D eigenvalue weighted by molar-refractivity contribution is 6.00. The van der Waals surface area contributed by atoms with E-state index in [2.05, 4.69) is 21.6 Å². The first-order valence-electron chi connectivity index (χ1n) is 8.53. The Kier molecular flexibility index (Phi) is 5.59. The van der Waals surface area contributed by atoms with Gasteiger partial charge in [-0.2, -0.15) is 0 Å². The molecule has 2 aromatic carbocycles. The van der Waals surface area contributed by atoms with Gasteiger partial charge >= 0.3 is 6.01 Å². The quantitative estimate of drug-likeness (QED) is 0.396. The van der Waals surface area contributed by atoms with Crippen molar-refractivity contribution in [1.82, 2.24) is 10.2 Å². The Morgan fingerprint density at radius 1 is 1.18 bits per heavy atom. The first-order valence-corrected chi connectivity index (χ1v) is 8.53. The monoisotopic (exact) mass is 378 g/mol. The molecule has 8 nitrogen and oxygen atoms in total. The Labute approximate surface area is 161 Å². The van der Waals surface area contributed by atoms with Crippen molar-refractivity contribution in [3.63, 3.8) is 0 Å². The van der Waals surface area contributed by atoms with Crippen LogP contribution in [0.25, 0.3) is 6.08 Å². The fourth-order valence-corrected chi connectivity index (χ4v) is 2.52. The molecule has 3 aromatic rings. The number of nitro benzene ring substituents is 1. The summed E-state index contributed by atoms with van der Waals surface area (Å²) in [5, 5.41) is 21.0. The normalized spacial score (nSPS) is 10.9. The summed E-state index contributed by atoms with van der Waals surface area (Å²) in [5.41, 5.74) is 3.91. The van der Waals surface area contributed by atoms with Gasteiger partial charge in [0.15, 0.2) is 0 Å². The number of carbonyl (C=O) groups is 1. The minimum Gasteiger partial charge on any atom is -0.407 e. The average Bonchev–Trinajstić information content (AvgIpc) is 3.10. The van der Waals surface area contributed by atoms with Crippen molar-refractivity contribution < 1.29 is 14.1 Å². The van der Waals surface area contributed by atoms with E-state index >= 15 is 0 Å². The van der Waals surface area contributed by atoms with Crippen LogP contribution in [0.4, 0.5) is 11.7 Å². The van der Waals surface area contributed by atoms with Gasteiger partial charge in [0.2, 0.25) is 5.89 Å². The zero-order valence-electron chi connectivity index (χ0n) is 15.4. The van der Waals surface area contributed by atoms with Crippen LogP contribution in [-0.2, 0) is 11.2 Å². The van der Waals surface area contributed by atoms with Crippen LogP contribution >= 0.6 is 0 Å². The summed E-state index contributed by atoms with van der Waals surface area (Å²) in [4.78, 5) is 22.3. The summed E-state index contributed by atoms with van der Waals surface area (Å²) in [6, 6.07) is 12.0. The van der Waals surface area contributed by atoms with Crippen molar-refractivity contribution in [1.29, 1.82) is 0 Å². The average molecular weight is 378 g/mol. The molecule has 0 radical (unpaired) electrons. The second-order valence-electron chi connectivity index (χ2n) is 6.27. The van der Waals surface area contributed by atoms with Crippen molar-refractivity contribution in [2.24, 2.45) is 0 Å². The molecule has 28 heavy (non-hydrogen) atoms. The summed E-state index contributed by atoms with van der Waals surface area (Å²) in [6.45, 7) is 4.08.